The number of carbonyl (C=O) groups excluding carboxylic acids is 1. The van der Waals surface area contributed by atoms with Crippen molar-refractivity contribution in [2.45, 2.75) is 37.9 Å². The number of alkyl halides is 3. The second-order valence-corrected chi connectivity index (χ2v) is 10.6. The lowest BCUT2D eigenvalue weighted by Crippen LogP contribution is -2.43. The maximum absolute atomic E-state index is 14.4. The molecule has 1 fully saturated rings. The summed E-state index contributed by atoms with van der Waals surface area (Å²) in [5, 5.41) is 9.57. The third-order valence-electron chi connectivity index (χ3n) is 7.53. The number of aromatic nitrogens is 4. The van der Waals surface area contributed by atoms with Crippen LogP contribution in [-0.2, 0) is 0 Å². The van der Waals surface area contributed by atoms with E-state index in [0.29, 0.717) is 60.7 Å². The fourth-order valence-electron chi connectivity index (χ4n) is 5.28. The average molecular weight is 631 g/mol. The van der Waals surface area contributed by atoms with Gasteiger partial charge in [0.25, 0.3) is 5.91 Å². The number of likely N-dealkylation sites (tertiary alicyclic amines) is 1. The SMILES string of the molecule is CNC(=O)c1c(F)cnc2c([C@H](C)CNc3cc(-c4ccc(NC5CCN(CC(F)(F)F)CC5)nc4)ncn3)cccc12.S. The molecule has 1 amide bonds. The Hall–Kier alpha value is -4.04. The molecule has 1 aromatic carbocycles. The molecule has 44 heavy (non-hydrogen) atoms. The van der Waals surface area contributed by atoms with E-state index in [4.69, 9.17) is 0 Å². The van der Waals surface area contributed by atoms with Gasteiger partial charge in [-0.15, -0.1) is 0 Å². The number of carbonyl (C=O) groups is 1. The number of para-hydroxylation sites is 1. The minimum atomic E-state index is -4.18. The van der Waals surface area contributed by atoms with E-state index < -0.39 is 24.4 Å². The Balaban J connectivity index is 0.00000442. The number of benzene rings is 1. The number of halogens is 4. The molecule has 0 aliphatic carbocycles. The fraction of sp³-hybridized carbons (Fsp3) is 0.367. The predicted octanol–water partition coefficient (Wildman–Crippen LogP) is 5.35. The minimum absolute atomic E-state index is 0. The summed E-state index contributed by atoms with van der Waals surface area (Å²) in [4.78, 5) is 31.2. The van der Waals surface area contributed by atoms with Crippen LogP contribution in [0.15, 0.2) is 55.1 Å². The molecular weight excluding hydrogens is 596 g/mol. The Morgan fingerprint density at radius 1 is 1.05 bits per heavy atom. The van der Waals surface area contributed by atoms with E-state index in [1.807, 2.05) is 31.2 Å². The molecule has 1 atom stereocenters. The minimum Gasteiger partial charge on any atom is -0.369 e. The van der Waals surface area contributed by atoms with E-state index in [2.05, 4.69) is 35.9 Å². The molecule has 0 unspecified atom stereocenters. The first-order valence-electron chi connectivity index (χ1n) is 14.0. The first-order valence-corrected chi connectivity index (χ1v) is 14.0. The molecule has 1 aliphatic heterocycles. The highest BCUT2D eigenvalue weighted by atomic mass is 32.1. The maximum Gasteiger partial charge on any atom is 0.401 e. The van der Waals surface area contributed by atoms with Crippen molar-refractivity contribution in [2.75, 3.05) is 43.9 Å². The van der Waals surface area contributed by atoms with Gasteiger partial charge in [0.2, 0.25) is 0 Å². The zero-order valence-electron chi connectivity index (χ0n) is 24.2. The highest BCUT2D eigenvalue weighted by Crippen LogP contribution is 2.28. The summed E-state index contributed by atoms with van der Waals surface area (Å²) < 4.78 is 52.3. The Morgan fingerprint density at radius 2 is 1.82 bits per heavy atom. The van der Waals surface area contributed by atoms with E-state index in [1.54, 1.807) is 18.3 Å². The normalized spacial score (nSPS) is 15.0. The molecule has 0 radical (unpaired) electrons. The lowest BCUT2D eigenvalue weighted by atomic mass is 9.96. The second-order valence-electron chi connectivity index (χ2n) is 10.6. The number of nitrogens with one attached hydrogen (secondary N) is 3. The van der Waals surface area contributed by atoms with Crippen LogP contribution < -0.4 is 16.0 Å². The summed E-state index contributed by atoms with van der Waals surface area (Å²) in [5.41, 5.74) is 2.85. The van der Waals surface area contributed by atoms with Crippen molar-refractivity contribution in [3.63, 3.8) is 0 Å². The molecule has 14 heteroatoms. The van der Waals surface area contributed by atoms with Gasteiger partial charge in [-0.25, -0.2) is 19.3 Å². The van der Waals surface area contributed by atoms with Gasteiger partial charge in [0.15, 0.2) is 5.82 Å². The van der Waals surface area contributed by atoms with Gasteiger partial charge in [-0.05, 0) is 30.5 Å². The van der Waals surface area contributed by atoms with Gasteiger partial charge in [-0.2, -0.15) is 26.7 Å². The van der Waals surface area contributed by atoms with Crippen molar-refractivity contribution < 1.29 is 22.4 Å². The molecule has 9 nitrogen and oxygen atoms in total. The quantitative estimate of drug-likeness (QED) is 0.213. The summed E-state index contributed by atoms with van der Waals surface area (Å²) in [5.74, 6) is 0.0268. The van der Waals surface area contributed by atoms with E-state index in [0.717, 1.165) is 17.3 Å². The molecule has 3 aromatic heterocycles. The molecule has 4 heterocycles. The number of amides is 1. The van der Waals surface area contributed by atoms with Crippen LogP contribution in [0.3, 0.4) is 0 Å². The van der Waals surface area contributed by atoms with Gasteiger partial charge in [-0.3, -0.25) is 14.7 Å². The van der Waals surface area contributed by atoms with Crippen molar-refractivity contribution in [1.82, 2.24) is 30.2 Å². The highest BCUT2D eigenvalue weighted by molar-refractivity contribution is 7.59. The van der Waals surface area contributed by atoms with Crippen molar-refractivity contribution in [3.8, 4) is 11.3 Å². The van der Waals surface area contributed by atoms with Crippen molar-refractivity contribution in [3.05, 3.63) is 72.1 Å². The Labute approximate surface area is 259 Å². The fourth-order valence-corrected chi connectivity index (χ4v) is 5.28. The number of rotatable bonds is 9. The number of hydrogen-bond donors (Lipinski definition) is 3. The zero-order valence-corrected chi connectivity index (χ0v) is 25.2. The first kappa shape index (κ1) is 32.9. The van der Waals surface area contributed by atoms with Gasteiger partial charge >= 0.3 is 6.18 Å². The number of anilines is 2. The van der Waals surface area contributed by atoms with Gasteiger partial charge in [-0.1, -0.05) is 25.1 Å². The van der Waals surface area contributed by atoms with Gasteiger partial charge in [0.1, 0.15) is 18.0 Å². The molecule has 5 rings (SSSR count). The van der Waals surface area contributed by atoms with E-state index in [9.17, 15) is 22.4 Å². The lowest BCUT2D eigenvalue weighted by molar-refractivity contribution is -0.147. The molecule has 1 aliphatic rings. The molecule has 0 spiro atoms. The van der Waals surface area contributed by atoms with Gasteiger partial charge in [0.05, 0.1) is 29.5 Å². The monoisotopic (exact) mass is 630 g/mol. The van der Waals surface area contributed by atoms with Crippen molar-refractivity contribution in [1.29, 1.82) is 0 Å². The second kappa shape index (κ2) is 14.2. The number of fused-ring (bicyclic) bond motifs is 1. The van der Waals surface area contributed by atoms with Gasteiger partial charge in [0, 0.05) is 61.9 Å². The number of pyridine rings is 2. The number of hydrogen-bond acceptors (Lipinski definition) is 8. The van der Waals surface area contributed by atoms with Crippen LogP contribution >= 0.6 is 13.5 Å². The van der Waals surface area contributed by atoms with Crippen LogP contribution in [0.5, 0.6) is 0 Å². The Morgan fingerprint density at radius 3 is 2.50 bits per heavy atom. The molecule has 0 saturated carbocycles. The Bertz CT molecular complexity index is 1580. The summed E-state index contributed by atoms with van der Waals surface area (Å²) in [6.45, 7) is 2.40. The molecule has 0 bridgehead atoms. The predicted molar refractivity (Wildman–Crippen MR) is 167 cm³/mol. The zero-order chi connectivity index (χ0) is 30.6. The maximum atomic E-state index is 14.4. The summed E-state index contributed by atoms with van der Waals surface area (Å²) in [7, 11) is 1.46. The molecule has 4 aromatic rings. The standard InChI is InChI=1S/C30H32F4N8O.H2S/c1-18(21-4-3-5-22-27(29(43)35-2)23(31)15-38-28(21)22)13-36-26-12-24(39-17-40-26)19-6-7-25(37-14-19)41-20-8-10-42(11-9-20)16-30(32,33)34;/h3-7,12,14-15,17-18,20H,8-11,13,16H2,1-2H3,(H,35,43)(H,37,41)(H,36,39,40);1H2/t18-;/m1./s1. The smallest absolute Gasteiger partial charge is 0.369 e. The van der Waals surface area contributed by atoms with Crippen LogP contribution in [-0.4, -0.2) is 76.2 Å². The van der Waals surface area contributed by atoms with Gasteiger partial charge < -0.3 is 16.0 Å². The van der Waals surface area contributed by atoms with Crippen molar-refractivity contribution >= 4 is 41.9 Å². The third kappa shape index (κ3) is 7.91. The van der Waals surface area contributed by atoms with Crippen LogP contribution in [0.2, 0.25) is 0 Å². The van der Waals surface area contributed by atoms with Crippen LogP contribution in [0, 0.1) is 5.82 Å². The van der Waals surface area contributed by atoms with Crippen molar-refractivity contribution in [2.24, 2.45) is 0 Å². The molecular formula is C30H34F4N8OS. The van der Waals surface area contributed by atoms with E-state index >= 15 is 0 Å². The lowest BCUT2D eigenvalue weighted by Gasteiger charge is -2.32. The number of nitrogens with zero attached hydrogens (tertiary/aromatic N) is 5. The first-order chi connectivity index (χ1) is 20.6. The number of piperidine rings is 1. The summed E-state index contributed by atoms with van der Waals surface area (Å²) in [6.07, 6.45) is 1.27. The molecule has 234 valence electrons. The van der Waals surface area contributed by atoms with Crippen LogP contribution in [0.4, 0.5) is 29.2 Å². The van der Waals surface area contributed by atoms with E-state index in [-0.39, 0.29) is 31.0 Å². The third-order valence-corrected chi connectivity index (χ3v) is 7.53. The molecule has 3 N–H and O–H groups in total. The Kier molecular flexibility index (Phi) is 10.6. The van der Waals surface area contributed by atoms with Crippen LogP contribution in [0.25, 0.3) is 22.2 Å². The summed E-state index contributed by atoms with van der Waals surface area (Å²) >= 11 is 0. The largest absolute Gasteiger partial charge is 0.401 e. The van der Waals surface area contributed by atoms with Crippen LogP contribution in [0.1, 0.15) is 41.6 Å². The topological polar surface area (TPSA) is 108 Å². The highest BCUT2D eigenvalue weighted by Gasteiger charge is 2.32. The average Bonchev–Trinajstić information content (AvgIpc) is 3.00. The summed E-state index contributed by atoms with van der Waals surface area (Å²) in [6, 6.07) is 11.0. The molecule has 1 saturated heterocycles. The van der Waals surface area contributed by atoms with E-state index in [1.165, 1.54) is 18.3 Å².